The largest absolute Gasteiger partial charge is 0.366 e. The van der Waals surface area contributed by atoms with E-state index in [0.29, 0.717) is 6.54 Å². The summed E-state index contributed by atoms with van der Waals surface area (Å²) in [5.41, 5.74) is 5.00. The van der Waals surface area contributed by atoms with Gasteiger partial charge in [-0.1, -0.05) is 18.2 Å². The third kappa shape index (κ3) is 2.62. The van der Waals surface area contributed by atoms with Gasteiger partial charge >= 0.3 is 0 Å². The van der Waals surface area contributed by atoms with Crippen molar-refractivity contribution in [1.82, 2.24) is 24.4 Å². The highest BCUT2D eigenvalue weighted by atomic mass is 15.3. The number of hydrogen-bond donors (Lipinski definition) is 1. The molecule has 0 unspecified atom stereocenters. The van der Waals surface area contributed by atoms with Gasteiger partial charge in [-0.3, -0.25) is 0 Å². The molecule has 0 fully saturated rings. The van der Waals surface area contributed by atoms with Crippen molar-refractivity contribution in [3.8, 4) is 5.69 Å². The van der Waals surface area contributed by atoms with Crippen LogP contribution in [0.4, 0.5) is 5.82 Å². The Morgan fingerprint density at radius 1 is 1.04 bits per heavy atom. The smallest absolute Gasteiger partial charge is 0.157 e. The molecule has 4 aromatic rings. The second-order valence-corrected chi connectivity index (χ2v) is 5.77. The van der Waals surface area contributed by atoms with Gasteiger partial charge in [0.1, 0.15) is 5.82 Å². The lowest BCUT2D eigenvalue weighted by molar-refractivity contribution is 0.858. The van der Waals surface area contributed by atoms with Crippen LogP contribution in [-0.4, -0.2) is 24.4 Å². The summed E-state index contributed by atoms with van der Waals surface area (Å²) in [6.45, 7) is 4.64. The lowest BCUT2D eigenvalue weighted by Gasteiger charge is -2.12. The predicted molar refractivity (Wildman–Crippen MR) is 93.4 cm³/mol. The number of para-hydroxylation sites is 1. The molecule has 0 aliphatic rings. The minimum absolute atomic E-state index is 0.674. The van der Waals surface area contributed by atoms with Crippen LogP contribution >= 0.6 is 0 Å². The second-order valence-electron chi connectivity index (χ2n) is 5.77. The highest BCUT2D eigenvalue weighted by molar-refractivity contribution is 5.51. The molecule has 0 saturated carbocycles. The van der Waals surface area contributed by atoms with Crippen LogP contribution < -0.4 is 5.32 Å². The molecule has 1 aromatic carbocycles. The van der Waals surface area contributed by atoms with Crippen molar-refractivity contribution in [3.05, 3.63) is 71.8 Å². The van der Waals surface area contributed by atoms with Gasteiger partial charge < -0.3 is 5.32 Å². The average Bonchev–Trinajstić information content (AvgIpc) is 3.21. The molecule has 120 valence electrons. The number of nitrogens with one attached hydrogen (secondary N) is 1. The fourth-order valence-corrected chi connectivity index (χ4v) is 2.82. The van der Waals surface area contributed by atoms with Crippen molar-refractivity contribution >= 4 is 11.5 Å². The fourth-order valence-electron chi connectivity index (χ4n) is 2.82. The first kappa shape index (κ1) is 14.4. The maximum atomic E-state index is 4.52. The van der Waals surface area contributed by atoms with E-state index in [2.05, 4.69) is 32.6 Å². The summed E-state index contributed by atoms with van der Waals surface area (Å²) in [4.78, 5) is 4.52. The molecule has 3 heterocycles. The lowest BCUT2D eigenvalue weighted by atomic mass is 10.2. The molecule has 6 nitrogen and oxygen atoms in total. The van der Waals surface area contributed by atoms with Gasteiger partial charge in [-0.05, 0) is 31.5 Å². The SMILES string of the molecule is Cc1cc(NCc2ccccc2-n2cccn2)n2nc(C)cc2n1. The summed E-state index contributed by atoms with van der Waals surface area (Å²) in [5, 5.41) is 12.3. The van der Waals surface area contributed by atoms with Gasteiger partial charge in [0.25, 0.3) is 0 Å². The van der Waals surface area contributed by atoms with Gasteiger partial charge in [-0.25, -0.2) is 9.67 Å². The van der Waals surface area contributed by atoms with E-state index < -0.39 is 0 Å². The molecule has 6 heteroatoms. The van der Waals surface area contributed by atoms with Gasteiger partial charge in [0.2, 0.25) is 0 Å². The molecule has 4 rings (SSSR count). The van der Waals surface area contributed by atoms with Crippen molar-refractivity contribution < 1.29 is 0 Å². The van der Waals surface area contributed by atoms with E-state index in [1.54, 1.807) is 6.20 Å². The molecular formula is C18H18N6. The summed E-state index contributed by atoms with van der Waals surface area (Å²) >= 11 is 0. The summed E-state index contributed by atoms with van der Waals surface area (Å²) in [7, 11) is 0. The normalized spacial score (nSPS) is 11.1. The number of anilines is 1. The first-order valence-corrected chi connectivity index (χ1v) is 7.86. The molecule has 0 spiro atoms. The van der Waals surface area contributed by atoms with Crippen molar-refractivity contribution in [2.24, 2.45) is 0 Å². The predicted octanol–water partition coefficient (Wildman–Crippen LogP) is 3.14. The van der Waals surface area contributed by atoms with E-state index in [1.807, 2.05) is 59.6 Å². The Bertz CT molecular complexity index is 984. The van der Waals surface area contributed by atoms with Crippen molar-refractivity contribution in [1.29, 1.82) is 0 Å². The topological polar surface area (TPSA) is 60.0 Å². The zero-order valence-corrected chi connectivity index (χ0v) is 13.6. The van der Waals surface area contributed by atoms with Gasteiger partial charge in [-0.15, -0.1) is 0 Å². The summed E-state index contributed by atoms with van der Waals surface area (Å²) in [6, 6.07) is 14.1. The van der Waals surface area contributed by atoms with E-state index in [9.17, 15) is 0 Å². The molecule has 24 heavy (non-hydrogen) atoms. The Morgan fingerprint density at radius 3 is 2.75 bits per heavy atom. The standard InChI is InChI=1S/C18H18N6/c1-13-10-17(24-18(21-13)11-14(2)22-24)19-12-15-6-3-4-7-16(15)23-9-5-8-20-23/h3-11,19H,12H2,1-2H3. The van der Waals surface area contributed by atoms with Crippen LogP contribution in [0.2, 0.25) is 0 Å². The maximum Gasteiger partial charge on any atom is 0.157 e. The Labute approximate surface area is 139 Å². The zero-order chi connectivity index (χ0) is 16.5. The molecular weight excluding hydrogens is 300 g/mol. The molecule has 0 aliphatic carbocycles. The number of hydrogen-bond acceptors (Lipinski definition) is 4. The Morgan fingerprint density at radius 2 is 1.92 bits per heavy atom. The van der Waals surface area contributed by atoms with Crippen LogP contribution in [0.15, 0.2) is 54.9 Å². The van der Waals surface area contributed by atoms with E-state index in [0.717, 1.165) is 34.1 Å². The van der Waals surface area contributed by atoms with Crippen LogP contribution in [0, 0.1) is 13.8 Å². The first-order valence-electron chi connectivity index (χ1n) is 7.86. The van der Waals surface area contributed by atoms with Crippen LogP contribution in [0.25, 0.3) is 11.3 Å². The average molecular weight is 318 g/mol. The molecule has 0 aliphatic heterocycles. The third-order valence-electron chi connectivity index (χ3n) is 3.88. The van der Waals surface area contributed by atoms with E-state index in [1.165, 1.54) is 0 Å². The van der Waals surface area contributed by atoms with Gasteiger partial charge in [0.05, 0.1) is 11.4 Å². The zero-order valence-electron chi connectivity index (χ0n) is 13.6. The van der Waals surface area contributed by atoms with Crippen molar-refractivity contribution in [2.45, 2.75) is 20.4 Å². The molecule has 1 N–H and O–H groups in total. The summed E-state index contributed by atoms with van der Waals surface area (Å²) < 4.78 is 3.72. The summed E-state index contributed by atoms with van der Waals surface area (Å²) in [5.74, 6) is 0.931. The van der Waals surface area contributed by atoms with Gasteiger partial charge in [0, 0.05) is 36.8 Å². The van der Waals surface area contributed by atoms with E-state index in [4.69, 9.17) is 0 Å². The quantitative estimate of drug-likeness (QED) is 0.628. The highest BCUT2D eigenvalue weighted by Crippen LogP contribution is 2.18. The Kier molecular flexibility index (Phi) is 3.49. The fraction of sp³-hybridized carbons (Fsp3) is 0.167. The third-order valence-corrected chi connectivity index (χ3v) is 3.88. The molecule has 3 aromatic heterocycles. The number of rotatable bonds is 4. The highest BCUT2D eigenvalue weighted by Gasteiger charge is 2.08. The van der Waals surface area contributed by atoms with E-state index in [-0.39, 0.29) is 0 Å². The van der Waals surface area contributed by atoms with Crippen LogP contribution in [0.5, 0.6) is 0 Å². The number of fused-ring (bicyclic) bond motifs is 1. The number of benzene rings is 1. The van der Waals surface area contributed by atoms with Crippen LogP contribution in [0.3, 0.4) is 0 Å². The molecule has 0 atom stereocenters. The Hall–Kier alpha value is -3.15. The van der Waals surface area contributed by atoms with E-state index >= 15 is 0 Å². The number of nitrogens with zero attached hydrogens (tertiary/aromatic N) is 5. The van der Waals surface area contributed by atoms with Gasteiger partial charge in [-0.2, -0.15) is 14.7 Å². The molecule has 0 bridgehead atoms. The number of aryl methyl sites for hydroxylation is 2. The molecule has 0 amide bonds. The first-order chi connectivity index (χ1) is 11.7. The lowest BCUT2D eigenvalue weighted by Crippen LogP contribution is -2.09. The van der Waals surface area contributed by atoms with Crippen LogP contribution in [0.1, 0.15) is 17.0 Å². The molecule has 0 radical (unpaired) electrons. The molecule has 0 saturated heterocycles. The van der Waals surface area contributed by atoms with Gasteiger partial charge in [0.15, 0.2) is 5.65 Å². The maximum absolute atomic E-state index is 4.52. The second kappa shape index (κ2) is 5.81. The monoisotopic (exact) mass is 318 g/mol. The van der Waals surface area contributed by atoms with Crippen molar-refractivity contribution in [2.75, 3.05) is 5.32 Å². The Balaban J connectivity index is 1.67. The van der Waals surface area contributed by atoms with Crippen LogP contribution in [-0.2, 0) is 6.54 Å². The number of aromatic nitrogens is 5. The minimum atomic E-state index is 0.674. The minimum Gasteiger partial charge on any atom is -0.366 e. The van der Waals surface area contributed by atoms with Crippen molar-refractivity contribution in [3.63, 3.8) is 0 Å². The summed E-state index contributed by atoms with van der Waals surface area (Å²) in [6.07, 6.45) is 3.73.